The van der Waals surface area contributed by atoms with Gasteiger partial charge in [0.1, 0.15) is 0 Å². The minimum atomic E-state index is 0.268. The average Bonchev–Trinajstić information content (AvgIpc) is 2.45. The van der Waals surface area contributed by atoms with E-state index in [1.165, 1.54) is 5.56 Å². The Balaban J connectivity index is 2.66. The molecular weight excluding hydrogens is 174 g/mol. The molecule has 0 spiro atoms. The standard InChI is InChI=1S/C11H21N3/c1-11(2,3)10(6-12)5-9-7-13-14(4)8-9/h7-8,10H,5-6,12H2,1-4H3. The Hall–Kier alpha value is -0.830. The van der Waals surface area contributed by atoms with Crippen LogP contribution in [0.25, 0.3) is 0 Å². The van der Waals surface area contributed by atoms with Crippen molar-refractivity contribution in [3.8, 4) is 0 Å². The SMILES string of the molecule is Cn1cc(CC(CN)C(C)(C)C)cn1. The molecule has 1 unspecified atom stereocenters. The van der Waals surface area contributed by atoms with Gasteiger partial charge in [0.25, 0.3) is 0 Å². The Morgan fingerprint density at radius 3 is 2.50 bits per heavy atom. The molecule has 1 rings (SSSR count). The van der Waals surface area contributed by atoms with Crippen molar-refractivity contribution in [2.24, 2.45) is 24.1 Å². The first-order valence-corrected chi connectivity index (χ1v) is 5.11. The van der Waals surface area contributed by atoms with E-state index < -0.39 is 0 Å². The van der Waals surface area contributed by atoms with Gasteiger partial charge in [-0.3, -0.25) is 4.68 Å². The Kier molecular flexibility index (Phi) is 3.32. The molecule has 0 fully saturated rings. The number of aromatic nitrogens is 2. The lowest BCUT2D eigenvalue weighted by Gasteiger charge is -2.29. The minimum absolute atomic E-state index is 0.268. The van der Waals surface area contributed by atoms with E-state index in [2.05, 4.69) is 32.1 Å². The lowest BCUT2D eigenvalue weighted by Crippen LogP contribution is -2.29. The quantitative estimate of drug-likeness (QED) is 0.796. The van der Waals surface area contributed by atoms with Crippen molar-refractivity contribution in [2.75, 3.05) is 6.54 Å². The van der Waals surface area contributed by atoms with Crippen molar-refractivity contribution in [2.45, 2.75) is 27.2 Å². The number of rotatable bonds is 3. The highest BCUT2D eigenvalue weighted by Crippen LogP contribution is 2.27. The maximum atomic E-state index is 5.79. The van der Waals surface area contributed by atoms with E-state index in [9.17, 15) is 0 Å². The van der Waals surface area contributed by atoms with Gasteiger partial charge in [0.15, 0.2) is 0 Å². The highest BCUT2D eigenvalue weighted by atomic mass is 15.2. The number of nitrogens with zero attached hydrogens (tertiary/aromatic N) is 2. The largest absolute Gasteiger partial charge is 0.330 e. The van der Waals surface area contributed by atoms with Gasteiger partial charge in [-0.1, -0.05) is 20.8 Å². The van der Waals surface area contributed by atoms with Crippen molar-refractivity contribution < 1.29 is 0 Å². The highest BCUT2D eigenvalue weighted by Gasteiger charge is 2.23. The molecule has 1 atom stereocenters. The topological polar surface area (TPSA) is 43.8 Å². The van der Waals surface area contributed by atoms with Crippen LogP contribution in [0.2, 0.25) is 0 Å². The molecule has 0 bridgehead atoms. The Bertz CT molecular complexity index is 283. The minimum Gasteiger partial charge on any atom is -0.330 e. The average molecular weight is 195 g/mol. The van der Waals surface area contributed by atoms with Crippen LogP contribution < -0.4 is 5.73 Å². The zero-order chi connectivity index (χ0) is 10.8. The van der Waals surface area contributed by atoms with Crippen LogP contribution in [0, 0.1) is 11.3 Å². The molecule has 0 aliphatic rings. The van der Waals surface area contributed by atoms with E-state index in [4.69, 9.17) is 5.73 Å². The molecule has 1 aromatic heterocycles. The van der Waals surface area contributed by atoms with Crippen LogP contribution in [-0.2, 0) is 13.5 Å². The van der Waals surface area contributed by atoms with E-state index in [1.54, 1.807) is 0 Å². The summed E-state index contributed by atoms with van der Waals surface area (Å²) in [7, 11) is 1.94. The monoisotopic (exact) mass is 195 g/mol. The summed E-state index contributed by atoms with van der Waals surface area (Å²) in [6.45, 7) is 7.45. The summed E-state index contributed by atoms with van der Waals surface area (Å²) in [4.78, 5) is 0. The van der Waals surface area contributed by atoms with Crippen LogP contribution in [0.1, 0.15) is 26.3 Å². The van der Waals surface area contributed by atoms with Gasteiger partial charge in [-0.2, -0.15) is 5.10 Å². The third-order valence-corrected chi connectivity index (χ3v) is 2.75. The Morgan fingerprint density at radius 1 is 1.50 bits per heavy atom. The van der Waals surface area contributed by atoms with Gasteiger partial charge < -0.3 is 5.73 Å². The maximum Gasteiger partial charge on any atom is 0.0521 e. The molecule has 1 aromatic rings. The van der Waals surface area contributed by atoms with Crippen LogP contribution in [0.4, 0.5) is 0 Å². The highest BCUT2D eigenvalue weighted by molar-refractivity contribution is 5.05. The molecule has 3 nitrogen and oxygen atoms in total. The molecule has 80 valence electrons. The molecular formula is C11H21N3. The Labute approximate surface area is 86.3 Å². The molecule has 1 heterocycles. The number of aryl methyl sites for hydroxylation is 1. The lowest BCUT2D eigenvalue weighted by atomic mass is 9.78. The van der Waals surface area contributed by atoms with Gasteiger partial charge >= 0.3 is 0 Å². The summed E-state index contributed by atoms with van der Waals surface area (Å²) in [6.07, 6.45) is 5.01. The second kappa shape index (κ2) is 4.13. The molecule has 0 aromatic carbocycles. The third kappa shape index (κ3) is 2.84. The van der Waals surface area contributed by atoms with Crippen LogP contribution in [0.3, 0.4) is 0 Å². The number of hydrogen-bond acceptors (Lipinski definition) is 2. The van der Waals surface area contributed by atoms with Gasteiger partial charge in [-0.05, 0) is 29.9 Å². The predicted molar refractivity (Wildman–Crippen MR) is 58.9 cm³/mol. The van der Waals surface area contributed by atoms with Crippen molar-refractivity contribution >= 4 is 0 Å². The van der Waals surface area contributed by atoms with Crippen LogP contribution in [0.5, 0.6) is 0 Å². The van der Waals surface area contributed by atoms with Crippen molar-refractivity contribution in [1.82, 2.24) is 9.78 Å². The first-order valence-electron chi connectivity index (χ1n) is 5.11. The summed E-state index contributed by atoms with van der Waals surface area (Å²) >= 11 is 0. The number of hydrogen-bond donors (Lipinski definition) is 1. The van der Waals surface area contributed by atoms with Crippen molar-refractivity contribution in [3.63, 3.8) is 0 Å². The van der Waals surface area contributed by atoms with Crippen LogP contribution in [-0.4, -0.2) is 16.3 Å². The van der Waals surface area contributed by atoms with Crippen LogP contribution in [0.15, 0.2) is 12.4 Å². The summed E-state index contributed by atoms with van der Waals surface area (Å²) in [6, 6.07) is 0. The smallest absolute Gasteiger partial charge is 0.0521 e. The molecule has 14 heavy (non-hydrogen) atoms. The second-order valence-corrected chi connectivity index (χ2v) is 5.03. The Morgan fingerprint density at radius 2 is 2.14 bits per heavy atom. The van der Waals surface area contributed by atoms with Gasteiger partial charge in [0.2, 0.25) is 0 Å². The fourth-order valence-corrected chi connectivity index (χ4v) is 1.60. The summed E-state index contributed by atoms with van der Waals surface area (Å²) < 4.78 is 1.84. The molecule has 0 saturated carbocycles. The molecule has 0 saturated heterocycles. The summed E-state index contributed by atoms with van der Waals surface area (Å²) in [5, 5.41) is 4.16. The van der Waals surface area contributed by atoms with Gasteiger partial charge in [0.05, 0.1) is 6.20 Å². The summed E-state index contributed by atoms with van der Waals surface area (Å²) in [5.74, 6) is 0.520. The maximum absolute atomic E-state index is 5.79. The zero-order valence-corrected chi connectivity index (χ0v) is 9.62. The third-order valence-electron chi connectivity index (χ3n) is 2.75. The number of nitrogens with two attached hydrogens (primary N) is 1. The zero-order valence-electron chi connectivity index (χ0n) is 9.62. The van der Waals surface area contributed by atoms with E-state index in [1.807, 2.05) is 17.9 Å². The fraction of sp³-hybridized carbons (Fsp3) is 0.727. The molecule has 0 aliphatic carbocycles. The normalized spacial score (nSPS) is 14.4. The second-order valence-electron chi connectivity index (χ2n) is 5.03. The lowest BCUT2D eigenvalue weighted by molar-refractivity contribution is 0.246. The van der Waals surface area contributed by atoms with E-state index in [-0.39, 0.29) is 5.41 Å². The van der Waals surface area contributed by atoms with Crippen molar-refractivity contribution in [1.29, 1.82) is 0 Å². The van der Waals surface area contributed by atoms with Gasteiger partial charge in [-0.25, -0.2) is 0 Å². The fourth-order valence-electron chi connectivity index (χ4n) is 1.60. The first kappa shape index (κ1) is 11.2. The summed E-state index contributed by atoms with van der Waals surface area (Å²) in [5.41, 5.74) is 7.33. The van der Waals surface area contributed by atoms with E-state index in [0.717, 1.165) is 13.0 Å². The van der Waals surface area contributed by atoms with E-state index in [0.29, 0.717) is 5.92 Å². The van der Waals surface area contributed by atoms with Crippen LogP contribution >= 0.6 is 0 Å². The molecule has 0 aliphatic heterocycles. The van der Waals surface area contributed by atoms with Gasteiger partial charge in [-0.15, -0.1) is 0 Å². The van der Waals surface area contributed by atoms with Gasteiger partial charge in [0, 0.05) is 13.2 Å². The molecule has 3 heteroatoms. The van der Waals surface area contributed by atoms with E-state index >= 15 is 0 Å². The predicted octanol–water partition coefficient (Wildman–Crippen LogP) is 1.58. The molecule has 0 radical (unpaired) electrons. The van der Waals surface area contributed by atoms with Crippen molar-refractivity contribution in [3.05, 3.63) is 18.0 Å². The first-order chi connectivity index (χ1) is 6.43. The molecule has 0 amide bonds. The molecule has 2 N–H and O–H groups in total.